The van der Waals surface area contributed by atoms with E-state index < -0.39 is 5.97 Å². The van der Waals surface area contributed by atoms with E-state index in [2.05, 4.69) is 4.98 Å². The van der Waals surface area contributed by atoms with E-state index in [1.165, 1.54) is 0 Å². The topological polar surface area (TPSA) is 67.3 Å². The van der Waals surface area contributed by atoms with Gasteiger partial charge in [0.05, 0.1) is 0 Å². The SMILES string of the molecule is O=C(O)CCc1ccc(C(=O)c2ccncc2)cc1. The van der Waals surface area contributed by atoms with Crippen LogP contribution < -0.4 is 0 Å². The van der Waals surface area contributed by atoms with Crippen LogP contribution in [-0.4, -0.2) is 21.8 Å². The largest absolute Gasteiger partial charge is 0.481 e. The van der Waals surface area contributed by atoms with Crippen molar-refractivity contribution in [3.8, 4) is 0 Å². The Morgan fingerprint density at radius 3 is 2.11 bits per heavy atom. The summed E-state index contributed by atoms with van der Waals surface area (Å²) >= 11 is 0. The molecule has 0 atom stereocenters. The van der Waals surface area contributed by atoms with Crippen molar-refractivity contribution in [2.75, 3.05) is 0 Å². The number of pyridine rings is 1. The zero-order valence-corrected chi connectivity index (χ0v) is 10.2. The molecule has 0 spiro atoms. The standard InChI is InChI=1S/C15H13NO3/c17-14(18)6-3-11-1-4-12(5-2-11)15(19)13-7-9-16-10-8-13/h1-2,4-5,7-10H,3,6H2,(H,17,18). The molecule has 0 fully saturated rings. The molecule has 0 bridgehead atoms. The number of aliphatic carboxylic acids is 1. The lowest BCUT2D eigenvalue weighted by Gasteiger charge is -2.03. The highest BCUT2D eigenvalue weighted by Gasteiger charge is 2.08. The highest BCUT2D eigenvalue weighted by Crippen LogP contribution is 2.11. The second-order valence-corrected chi connectivity index (χ2v) is 4.16. The second-order valence-electron chi connectivity index (χ2n) is 4.16. The molecule has 0 unspecified atom stereocenters. The molecule has 1 aromatic heterocycles. The summed E-state index contributed by atoms with van der Waals surface area (Å²) in [6.07, 6.45) is 3.72. The number of carbonyl (C=O) groups excluding carboxylic acids is 1. The summed E-state index contributed by atoms with van der Waals surface area (Å²) < 4.78 is 0. The fourth-order valence-electron chi connectivity index (χ4n) is 1.74. The van der Waals surface area contributed by atoms with Crippen molar-refractivity contribution in [2.24, 2.45) is 0 Å². The van der Waals surface area contributed by atoms with Crippen LogP contribution in [0.15, 0.2) is 48.8 Å². The average molecular weight is 255 g/mol. The first kappa shape index (κ1) is 13.0. The fourth-order valence-corrected chi connectivity index (χ4v) is 1.74. The van der Waals surface area contributed by atoms with E-state index in [-0.39, 0.29) is 12.2 Å². The number of ketones is 1. The lowest BCUT2D eigenvalue weighted by atomic mass is 10.0. The summed E-state index contributed by atoms with van der Waals surface area (Å²) in [5, 5.41) is 8.61. The quantitative estimate of drug-likeness (QED) is 0.833. The van der Waals surface area contributed by atoms with Crippen molar-refractivity contribution in [3.05, 3.63) is 65.5 Å². The average Bonchev–Trinajstić information content (AvgIpc) is 2.46. The Bertz CT molecular complexity index is 576. The Labute approximate surface area is 110 Å². The first-order valence-corrected chi connectivity index (χ1v) is 5.92. The number of nitrogens with zero attached hydrogens (tertiary/aromatic N) is 1. The van der Waals surface area contributed by atoms with Gasteiger partial charge in [0.2, 0.25) is 0 Å². The molecule has 1 N–H and O–H groups in total. The third-order valence-corrected chi connectivity index (χ3v) is 2.79. The van der Waals surface area contributed by atoms with E-state index in [1.54, 1.807) is 48.8 Å². The number of hydrogen-bond acceptors (Lipinski definition) is 3. The van der Waals surface area contributed by atoms with Crippen LogP contribution >= 0.6 is 0 Å². The van der Waals surface area contributed by atoms with Crippen LogP contribution in [-0.2, 0) is 11.2 Å². The zero-order valence-electron chi connectivity index (χ0n) is 10.2. The number of aromatic nitrogens is 1. The maximum atomic E-state index is 12.1. The minimum atomic E-state index is -0.822. The minimum absolute atomic E-state index is 0.0628. The molecule has 2 aromatic rings. The Kier molecular flexibility index (Phi) is 4.03. The molecule has 4 nitrogen and oxygen atoms in total. The molecule has 96 valence electrons. The first-order chi connectivity index (χ1) is 9.16. The Balaban J connectivity index is 2.10. The number of carboxylic acid groups (broad SMARTS) is 1. The van der Waals surface area contributed by atoms with E-state index in [0.29, 0.717) is 17.5 Å². The lowest BCUT2D eigenvalue weighted by molar-refractivity contribution is -0.136. The van der Waals surface area contributed by atoms with Gasteiger partial charge in [-0.1, -0.05) is 24.3 Å². The molecule has 0 amide bonds. The summed E-state index contributed by atoms with van der Waals surface area (Å²) in [5.41, 5.74) is 2.09. The van der Waals surface area contributed by atoms with Crippen molar-refractivity contribution in [1.29, 1.82) is 0 Å². The van der Waals surface area contributed by atoms with E-state index >= 15 is 0 Å². The van der Waals surface area contributed by atoms with Gasteiger partial charge in [-0.2, -0.15) is 0 Å². The molecule has 0 aliphatic heterocycles. The third-order valence-electron chi connectivity index (χ3n) is 2.79. The van der Waals surface area contributed by atoms with Crippen LogP contribution in [0.5, 0.6) is 0 Å². The fraction of sp³-hybridized carbons (Fsp3) is 0.133. The van der Waals surface area contributed by atoms with Crippen LogP contribution in [0.3, 0.4) is 0 Å². The summed E-state index contributed by atoms with van der Waals surface area (Å²) in [6.45, 7) is 0. The van der Waals surface area contributed by atoms with Crippen LogP contribution in [0.25, 0.3) is 0 Å². The van der Waals surface area contributed by atoms with Gasteiger partial charge in [-0.3, -0.25) is 14.6 Å². The van der Waals surface area contributed by atoms with Crippen LogP contribution in [0.1, 0.15) is 27.9 Å². The van der Waals surface area contributed by atoms with Gasteiger partial charge in [0.1, 0.15) is 0 Å². The van der Waals surface area contributed by atoms with Gasteiger partial charge >= 0.3 is 5.97 Å². The molecule has 1 aromatic carbocycles. The number of aryl methyl sites for hydroxylation is 1. The summed E-state index contributed by atoms with van der Waals surface area (Å²) in [7, 11) is 0. The van der Waals surface area contributed by atoms with Gasteiger partial charge in [0.15, 0.2) is 5.78 Å². The number of rotatable bonds is 5. The highest BCUT2D eigenvalue weighted by molar-refractivity contribution is 6.08. The molecule has 19 heavy (non-hydrogen) atoms. The maximum absolute atomic E-state index is 12.1. The number of hydrogen-bond donors (Lipinski definition) is 1. The molecule has 2 rings (SSSR count). The van der Waals surface area contributed by atoms with Gasteiger partial charge in [-0.25, -0.2) is 0 Å². The molecule has 1 heterocycles. The van der Waals surface area contributed by atoms with E-state index in [9.17, 15) is 9.59 Å². The van der Waals surface area contributed by atoms with Gasteiger partial charge in [-0.15, -0.1) is 0 Å². The first-order valence-electron chi connectivity index (χ1n) is 5.92. The number of benzene rings is 1. The molecule has 0 aliphatic carbocycles. The van der Waals surface area contributed by atoms with Gasteiger partial charge < -0.3 is 5.11 Å². The van der Waals surface area contributed by atoms with E-state index in [4.69, 9.17) is 5.11 Å². The molecule has 0 saturated heterocycles. The zero-order chi connectivity index (χ0) is 13.7. The normalized spacial score (nSPS) is 10.1. The van der Waals surface area contributed by atoms with Crippen molar-refractivity contribution >= 4 is 11.8 Å². The Morgan fingerprint density at radius 1 is 0.947 bits per heavy atom. The molecule has 4 heteroatoms. The van der Waals surface area contributed by atoms with Crippen molar-refractivity contribution in [1.82, 2.24) is 4.98 Å². The van der Waals surface area contributed by atoms with E-state index in [0.717, 1.165) is 5.56 Å². The molecular formula is C15H13NO3. The highest BCUT2D eigenvalue weighted by atomic mass is 16.4. The minimum Gasteiger partial charge on any atom is -0.481 e. The smallest absolute Gasteiger partial charge is 0.303 e. The second kappa shape index (κ2) is 5.91. The molecular weight excluding hydrogens is 242 g/mol. The monoisotopic (exact) mass is 255 g/mol. The van der Waals surface area contributed by atoms with Crippen molar-refractivity contribution < 1.29 is 14.7 Å². The molecule has 0 saturated carbocycles. The number of carbonyl (C=O) groups is 2. The van der Waals surface area contributed by atoms with Crippen LogP contribution in [0, 0.1) is 0 Å². The molecule has 0 radical (unpaired) electrons. The third kappa shape index (κ3) is 3.48. The lowest BCUT2D eigenvalue weighted by Crippen LogP contribution is -2.02. The van der Waals surface area contributed by atoms with Gasteiger partial charge in [0.25, 0.3) is 0 Å². The van der Waals surface area contributed by atoms with Crippen molar-refractivity contribution in [3.63, 3.8) is 0 Å². The van der Waals surface area contributed by atoms with Gasteiger partial charge in [-0.05, 0) is 24.1 Å². The number of carboxylic acids is 1. The van der Waals surface area contributed by atoms with E-state index in [1.807, 2.05) is 0 Å². The predicted octanol–water partition coefficient (Wildman–Crippen LogP) is 2.33. The summed E-state index contributed by atoms with van der Waals surface area (Å²) in [4.78, 5) is 26.4. The maximum Gasteiger partial charge on any atom is 0.303 e. The van der Waals surface area contributed by atoms with Crippen LogP contribution in [0.2, 0.25) is 0 Å². The predicted molar refractivity (Wildman–Crippen MR) is 70.1 cm³/mol. The Hall–Kier alpha value is -2.49. The van der Waals surface area contributed by atoms with Gasteiger partial charge in [0, 0.05) is 29.9 Å². The molecule has 0 aliphatic rings. The van der Waals surface area contributed by atoms with Crippen LogP contribution in [0.4, 0.5) is 0 Å². The summed E-state index contributed by atoms with van der Waals surface area (Å²) in [5.74, 6) is -0.885. The van der Waals surface area contributed by atoms with Crippen molar-refractivity contribution in [2.45, 2.75) is 12.8 Å². The Morgan fingerprint density at radius 2 is 1.53 bits per heavy atom. The summed E-state index contributed by atoms with van der Waals surface area (Å²) in [6, 6.07) is 10.4.